The van der Waals surface area contributed by atoms with Gasteiger partial charge in [-0.3, -0.25) is 4.79 Å². The molecule has 18 heavy (non-hydrogen) atoms. The molecule has 0 aliphatic carbocycles. The van der Waals surface area contributed by atoms with E-state index in [0.717, 1.165) is 5.69 Å². The summed E-state index contributed by atoms with van der Waals surface area (Å²) in [5.74, 6) is 0.189. The van der Waals surface area contributed by atoms with Gasteiger partial charge in [-0.2, -0.15) is 0 Å². The second-order valence-corrected chi connectivity index (χ2v) is 4.53. The molecule has 0 heterocycles. The molecule has 0 spiro atoms. The van der Waals surface area contributed by atoms with Crippen molar-refractivity contribution in [2.24, 2.45) is 0 Å². The molecule has 1 amide bonds. The summed E-state index contributed by atoms with van der Waals surface area (Å²) < 4.78 is 4.99. The second-order valence-electron chi connectivity index (χ2n) is 4.22. The van der Waals surface area contributed by atoms with Crippen LogP contribution in [-0.4, -0.2) is 45.6 Å². The summed E-state index contributed by atoms with van der Waals surface area (Å²) in [6, 6.07) is 7.25. The Kier molecular flexibility index (Phi) is 5.95. The number of carbonyl (C=O) groups is 1. The van der Waals surface area contributed by atoms with Crippen molar-refractivity contribution in [1.29, 1.82) is 0 Å². The Bertz CT molecular complexity index is 396. The fourth-order valence-corrected chi connectivity index (χ4v) is 1.69. The molecule has 100 valence electrons. The number of carbonyl (C=O) groups excluding carboxylic acids is 1. The van der Waals surface area contributed by atoms with Gasteiger partial charge in [-0.05, 0) is 18.2 Å². The number of rotatable bonds is 6. The van der Waals surface area contributed by atoms with Gasteiger partial charge in [0.25, 0.3) is 5.91 Å². The number of alkyl halides is 1. The van der Waals surface area contributed by atoms with Gasteiger partial charge in [0.2, 0.25) is 0 Å². The smallest absolute Gasteiger partial charge is 0.251 e. The Balaban J connectivity index is 2.74. The molecule has 5 heteroatoms. The van der Waals surface area contributed by atoms with Crippen LogP contribution in [0.25, 0.3) is 0 Å². The number of anilines is 1. The van der Waals surface area contributed by atoms with Crippen molar-refractivity contribution in [2.75, 3.05) is 38.6 Å². The van der Waals surface area contributed by atoms with E-state index in [1.807, 2.05) is 37.2 Å². The molecule has 0 saturated heterocycles. The zero-order valence-corrected chi connectivity index (χ0v) is 11.7. The number of nitrogens with zero attached hydrogens (tertiary/aromatic N) is 1. The normalized spacial score (nSPS) is 12.0. The monoisotopic (exact) mass is 270 g/mol. The molecule has 0 fully saturated rings. The van der Waals surface area contributed by atoms with Crippen LogP contribution in [0.5, 0.6) is 0 Å². The molecule has 1 rings (SSSR count). The number of methoxy groups -OCH3 is 1. The van der Waals surface area contributed by atoms with Crippen molar-refractivity contribution in [3.8, 4) is 0 Å². The van der Waals surface area contributed by atoms with Crippen LogP contribution in [0.1, 0.15) is 10.4 Å². The topological polar surface area (TPSA) is 41.6 Å². The van der Waals surface area contributed by atoms with E-state index in [9.17, 15) is 4.79 Å². The standard InChI is InChI=1S/C13H19ClN2O2/c1-16(2)12-6-4-5-10(7-12)13(17)15-11(8-14)9-18-3/h4-7,11H,8-9H2,1-3H3,(H,15,17). The third kappa shape index (κ3) is 4.20. The number of ether oxygens (including phenoxy) is 1. The SMILES string of the molecule is COCC(CCl)NC(=O)c1cccc(N(C)C)c1. The van der Waals surface area contributed by atoms with Crippen molar-refractivity contribution >= 4 is 23.2 Å². The van der Waals surface area contributed by atoms with Crippen LogP contribution >= 0.6 is 11.6 Å². The van der Waals surface area contributed by atoms with Crippen molar-refractivity contribution in [2.45, 2.75) is 6.04 Å². The molecular formula is C13H19ClN2O2. The lowest BCUT2D eigenvalue weighted by molar-refractivity contribution is 0.0907. The largest absolute Gasteiger partial charge is 0.383 e. The van der Waals surface area contributed by atoms with Crippen LogP contribution in [0.2, 0.25) is 0 Å². The summed E-state index contributed by atoms with van der Waals surface area (Å²) in [7, 11) is 5.45. The summed E-state index contributed by atoms with van der Waals surface area (Å²) in [4.78, 5) is 14.0. The maximum absolute atomic E-state index is 12.0. The minimum Gasteiger partial charge on any atom is -0.383 e. The van der Waals surface area contributed by atoms with E-state index in [0.29, 0.717) is 18.1 Å². The maximum Gasteiger partial charge on any atom is 0.251 e. The van der Waals surface area contributed by atoms with Gasteiger partial charge in [0.15, 0.2) is 0 Å². The second kappa shape index (κ2) is 7.24. The van der Waals surface area contributed by atoms with Gasteiger partial charge in [-0.15, -0.1) is 11.6 Å². The summed E-state index contributed by atoms with van der Waals surface area (Å²) in [5, 5.41) is 2.84. The van der Waals surface area contributed by atoms with E-state index in [1.54, 1.807) is 13.2 Å². The van der Waals surface area contributed by atoms with Gasteiger partial charge < -0.3 is 15.0 Å². The lowest BCUT2D eigenvalue weighted by Gasteiger charge is -2.16. The summed E-state index contributed by atoms with van der Waals surface area (Å²) in [6.45, 7) is 0.405. The molecule has 1 aromatic rings. The van der Waals surface area contributed by atoms with Crippen molar-refractivity contribution in [3.05, 3.63) is 29.8 Å². The zero-order chi connectivity index (χ0) is 13.5. The fourth-order valence-electron chi connectivity index (χ4n) is 1.52. The van der Waals surface area contributed by atoms with E-state index in [1.165, 1.54) is 0 Å². The van der Waals surface area contributed by atoms with E-state index in [-0.39, 0.29) is 11.9 Å². The number of benzene rings is 1. The maximum atomic E-state index is 12.0. The lowest BCUT2D eigenvalue weighted by Crippen LogP contribution is -2.39. The predicted octanol–water partition coefficient (Wildman–Crippen LogP) is 1.74. The summed E-state index contributed by atoms with van der Waals surface area (Å²) in [5.41, 5.74) is 1.60. The summed E-state index contributed by atoms with van der Waals surface area (Å²) in [6.07, 6.45) is 0. The highest BCUT2D eigenvalue weighted by Crippen LogP contribution is 2.13. The number of hydrogen-bond acceptors (Lipinski definition) is 3. The van der Waals surface area contributed by atoms with E-state index < -0.39 is 0 Å². The zero-order valence-electron chi connectivity index (χ0n) is 10.9. The van der Waals surface area contributed by atoms with Gasteiger partial charge in [0.05, 0.1) is 12.6 Å². The molecule has 4 nitrogen and oxygen atoms in total. The molecule has 1 atom stereocenters. The Labute approximate surface area is 113 Å². The quantitative estimate of drug-likeness (QED) is 0.801. The summed E-state index contributed by atoms with van der Waals surface area (Å²) >= 11 is 5.76. The Morgan fingerprint density at radius 1 is 1.50 bits per heavy atom. The van der Waals surface area contributed by atoms with Crippen LogP contribution in [0.15, 0.2) is 24.3 Å². The third-order valence-corrected chi connectivity index (χ3v) is 2.89. The molecular weight excluding hydrogens is 252 g/mol. The van der Waals surface area contributed by atoms with Crippen LogP contribution < -0.4 is 10.2 Å². The van der Waals surface area contributed by atoms with Crippen LogP contribution in [0.3, 0.4) is 0 Å². The highest BCUT2D eigenvalue weighted by atomic mass is 35.5. The minimum atomic E-state index is -0.174. The van der Waals surface area contributed by atoms with Crippen LogP contribution in [-0.2, 0) is 4.74 Å². The third-order valence-electron chi connectivity index (χ3n) is 2.51. The first kappa shape index (κ1) is 14.8. The van der Waals surface area contributed by atoms with Gasteiger partial charge in [0, 0.05) is 38.3 Å². The Morgan fingerprint density at radius 3 is 2.78 bits per heavy atom. The van der Waals surface area contributed by atoms with E-state index in [4.69, 9.17) is 16.3 Å². The molecule has 1 N–H and O–H groups in total. The molecule has 1 aromatic carbocycles. The molecule has 1 unspecified atom stereocenters. The highest BCUT2D eigenvalue weighted by Gasteiger charge is 2.13. The Morgan fingerprint density at radius 2 is 2.22 bits per heavy atom. The Hall–Kier alpha value is -1.26. The van der Waals surface area contributed by atoms with Crippen molar-refractivity contribution < 1.29 is 9.53 Å². The lowest BCUT2D eigenvalue weighted by atomic mass is 10.1. The van der Waals surface area contributed by atoms with Gasteiger partial charge in [-0.25, -0.2) is 0 Å². The molecule has 0 aromatic heterocycles. The average molecular weight is 271 g/mol. The molecule has 0 bridgehead atoms. The predicted molar refractivity (Wildman–Crippen MR) is 74.6 cm³/mol. The minimum absolute atomic E-state index is 0.138. The molecule has 0 aliphatic heterocycles. The molecule has 0 radical (unpaired) electrons. The molecule has 0 aliphatic rings. The highest BCUT2D eigenvalue weighted by molar-refractivity contribution is 6.18. The van der Waals surface area contributed by atoms with Crippen LogP contribution in [0, 0.1) is 0 Å². The van der Waals surface area contributed by atoms with Gasteiger partial charge in [-0.1, -0.05) is 6.07 Å². The van der Waals surface area contributed by atoms with Crippen molar-refractivity contribution in [3.63, 3.8) is 0 Å². The number of halogens is 1. The first-order valence-electron chi connectivity index (χ1n) is 5.71. The first-order valence-corrected chi connectivity index (χ1v) is 6.25. The first-order chi connectivity index (χ1) is 8.58. The molecule has 0 saturated carbocycles. The fraction of sp³-hybridized carbons (Fsp3) is 0.462. The van der Waals surface area contributed by atoms with Crippen molar-refractivity contribution in [1.82, 2.24) is 5.32 Å². The number of nitrogens with one attached hydrogen (secondary N) is 1. The average Bonchev–Trinajstić information content (AvgIpc) is 2.38. The number of hydrogen-bond donors (Lipinski definition) is 1. The number of amides is 1. The van der Waals surface area contributed by atoms with Crippen LogP contribution in [0.4, 0.5) is 5.69 Å². The van der Waals surface area contributed by atoms with Gasteiger partial charge in [0.1, 0.15) is 0 Å². The van der Waals surface area contributed by atoms with E-state index in [2.05, 4.69) is 5.32 Å². The van der Waals surface area contributed by atoms with Gasteiger partial charge >= 0.3 is 0 Å². The van der Waals surface area contributed by atoms with E-state index >= 15 is 0 Å².